The van der Waals surface area contributed by atoms with Crippen molar-refractivity contribution in [2.75, 3.05) is 19.0 Å². The van der Waals surface area contributed by atoms with Crippen molar-refractivity contribution in [3.63, 3.8) is 0 Å². The third-order valence-corrected chi connectivity index (χ3v) is 5.88. The zero-order chi connectivity index (χ0) is 21.2. The summed E-state index contributed by atoms with van der Waals surface area (Å²) in [5.74, 6) is 1.65. The normalized spacial score (nSPS) is 13.2. The summed E-state index contributed by atoms with van der Waals surface area (Å²) >= 11 is 0. The molecule has 0 fully saturated rings. The second-order valence-corrected chi connectivity index (χ2v) is 7.92. The van der Waals surface area contributed by atoms with Crippen LogP contribution in [0, 0.1) is 5.82 Å². The van der Waals surface area contributed by atoms with Gasteiger partial charge >= 0.3 is 0 Å². The van der Waals surface area contributed by atoms with Crippen LogP contribution in [0.25, 0.3) is 16.9 Å². The SMILES string of the molecule is COc1ccc(-c2cc3nc4c(c(NCCc5ccc(F)cc5)n3n2)CCCC4)cc1. The van der Waals surface area contributed by atoms with E-state index in [1.165, 1.54) is 36.2 Å². The second-order valence-electron chi connectivity index (χ2n) is 7.92. The third-order valence-electron chi connectivity index (χ3n) is 5.88. The molecule has 0 saturated carbocycles. The van der Waals surface area contributed by atoms with E-state index >= 15 is 0 Å². The molecule has 1 aliphatic carbocycles. The number of aryl methyl sites for hydroxylation is 1. The molecule has 0 unspecified atom stereocenters. The smallest absolute Gasteiger partial charge is 0.158 e. The highest BCUT2D eigenvalue weighted by Gasteiger charge is 2.20. The molecule has 1 aliphatic rings. The van der Waals surface area contributed by atoms with Crippen molar-refractivity contribution >= 4 is 11.5 Å². The van der Waals surface area contributed by atoms with Crippen molar-refractivity contribution in [3.8, 4) is 17.0 Å². The van der Waals surface area contributed by atoms with Gasteiger partial charge in [-0.25, -0.2) is 9.37 Å². The summed E-state index contributed by atoms with van der Waals surface area (Å²) in [7, 11) is 1.66. The molecule has 0 spiro atoms. The first-order valence-corrected chi connectivity index (χ1v) is 10.8. The minimum Gasteiger partial charge on any atom is -0.497 e. The number of hydrogen-bond acceptors (Lipinski definition) is 4. The average Bonchev–Trinajstić information content (AvgIpc) is 3.24. The molecule has 0 aliphatic heterocycles. The first kappa shape index (κ1) is 19.5. The summed E-state index contributed by atoms with van der Waals surface area (Å²) in [4.78, 5) is 4.93. The molecule has 0 saturated heterocycles. The van der Waals surface area contributed by atoms with E-state index in [0.29, 0.717) is 0 Å². The summed E-state index contributed by atoms with van der Waals surface area (Å²) in [6.07, 6.45) is 5.16. The molecule has 158 valence electrons. The number of hydrogen-bond donors (Lipinski definition) is 1. The highest BCUT2D eigenvalue weighted by molar-refractivity contribution is 5.67. The molecule has 0 radical (unpaired) electrons. The number of rotatable bonds is 6. The Balaban J connectivity index is 1.48. The minimum absolute atomic E-state index is 0.204. The maximum absolute atomic E-state index is 13.2. The van der Waals surface area contributed by atoms with E-state index in [0.717, 1.165) is 59.8 Å². The summed E-state index contributed by atoms with van der Waals surface area (Å²) < 4.78 is 20.4. The van der Waals surface area contributed by atoms with Gasteiger partial charge in [0.05, 0.1) is 12.8 Å². The summed E-state index contributed by atoms with van der Waals surface area (Å²) in [6, 6.07) is 16.7. The largest absolute Gasteiger partial charge is 0.497 e. The Bertz CT molecular complexity index is 1200. The molecule has 31 heavy (non-hydrogen) atoms. The number of methoxy groups -OCH3 is 1. The number of nitrogens with zero attached hydrogens (tertiary/aromatic N) is 3. The lowest BCUT2D eigenvalue weighted by Gasteiger charge is -2.20. The van der Waals surface area contributed by atoms with Gasteiger partial charge < -0.3 is 10.1 Å². The lowest BCUT2D eigenvalue weighted by Crippen LogP contribution is -2.17. The number of benzene rings is 2. The highest BCUT2D eigenvalue weighted by Crippen LogP contribution is 2.30. The summed E-state index contributed by atoms with van der Waals surface area (Å²) in [6.45, 7) is 0.745. The predicted octanol–water partition coefficient (Wildman–Crippen LogP) is 5.08. The van der Waals surface area contributed by atoms with Crippen molar-refractivity contribution < 1.29 is 9.13 Å². The third kappa shape index (κ3) is 3.98. The van der Waals surface area contributed by atoms with Gasteiger partial charge in [0.15, 0.2) is 5.65 Å². The molecule has 1 N–H and O–H groups in total. The minimum atomic E-state index is -0.204. The van der Waals surface area contributed by atoms with Crippen LogP contribution in [0.2, 0.25) is 0 Å². The molecule has 5 nitrogen and oxygen atoms in total. The Morgan fingerprint density at radius 1 is 1.03 bits per heavy atom. The van der Waals surface area contributed by atoms with Crippen LogP contribution < -0.4 is 10.1 Å². The fraction of sp³-hybridized carbons (Fsp3) is 0.280. The van der Waals surface area contributed by atoms with Gasteiger partial charge in [0.2, 0.25) is 0 Å². The fourth-order valence-corrected chi connectivity index (χ4v) is 4.21. The van der Waals surface area contributed by atoms with E-state index in [4.69, 9.17) is 14.8 Å². The predicted molar refractivity (Wildman–Crippen MR) is 120 cm³/mol. The Morgan fingerprint density at radius 3 is 2.58 bits per heavy atom. The molecule has 2 heterocycles. The van der Waals surface area contributed by atoms with E-state index in [1.54, 1.807) is 7.11 Å². The van der Waals surface area contributed by atoms with Crippen molar-refractivity contribution in [2.45, 2.75) is 32.1 Å². The molecular weight excluding hydrogens is 391 g/mol. The van der Waals surface area contributed by atoms with Crippen molar-refractivity contribution in [1.82, 2.24) is 14.6 Å². The number of ether oxygens (including phenoxy) is 1. The number of nitrogens with one attached hydrogen (secondary N) is 1. The van der Waals surface area contributed by atoms with Gasteiger partial charge in [-0.3, -0.25) is 0 Å². The van der Waals surface area contributed by atoms with Gasteiger partial charge in [0.25, 0.3) is 0 Å². The van der Waals surface area contributed by atoms with Crippen molar-refractivity contribution in [3.05, 3.63) is 77.2 Å². The molecule has 0 atom stereocenters. The zero-order valence-corrected chi connectivity index (χ0v) is 17.6. The molecule has 6 heteroatoms. The van der Waals surface area contributed by atoms with Gasteiger partial charge in [-0.1, -0.05) is 12.1 Å². The van der Waals surface area contributed by atoms with Crippen LogP contribution in [0.5, 0.6) is 5.75 Å². The zero-order valence-electron chi connectivity index (χ0n) is 17.6. The molecule has 5 rings (SSSR count). The maximum atomic E-state index is 13.2. The van der Waals surface area contributed by atoms with Gasteiger partial charge in [0.1, 0.15) is 17.4 Å². The van der Waals surface area contributed by atoms with Gasteiger partial charge in [-0.2, -0.15) is 9.61 Å². The molecular formula is C25H25FN4O. The highest BCUT2D eigenvalue weighted by atomic mass is 19.1. The van der Waals surface area contributed by atoms with Crippen molar-refractivity contribution in [1.29, 1.82) is 0 Å². The Morgan fingerprint density at radius 2 is 1.81 bits per heavy atom. The van der Waals surface area contributed by atoms with E-state index < -0.39 is 0 Å². The van der Waals surface area contributed by atoms with E-state index in [-0.39, 0.29) is 5.82 Å². The molecule has 0 amide bonds. The Hall–Kier alpha value is -3.41. The number of halogens is 1. The lowest BCUT2D eigenvalue weighted by molar-refractivity contribution is 0.415. The van der Waals surface area contributed by atoms with Crippen LogP contribution in [-0.2, 0) is 19.3 Å². The quantitative estimate of drug-likeness (QED) is 0.476. The first-order chi connectivity index (χ1) is 15.2. The maximum Gasteiger partial charge on any atom is 0.158 e. The van der Waals surface area contributed by atoms with Crippen molar-refractivity contribution in [2.24, 2.45) is 0 Å². The second kappa shape index (κ2) is 8.38. The monoisotopic (exact) mass is 416 g/mol. The topological polar surface area (TPSA) is 51.5 Å². The van der Waals surface area contributed by atoms with Crippen LogP contribution in [0.15, 0.2) is 54.6 Å². The summed E-state index contributed by atoms with van der Waals surface area (Å²) in [5, 5.41) is 8.49. The molecule has 2 aromatic carbocycles. The van der Waals surface area contributed by atoms with E-state index in [9.17, 15) is 4.39 Å². The summed E-state index contributed by atoms with van der Waals surface area (Å²) in [5.41, 5.74) is 6.32. The van der Waals surface area contributed by atoms with E-state index in [2.05, 4.69) is 5.32 Å². The number of aromatic nitrogens is 3. The van der Waals surface area contributed by atoms with Gasteiger partial charge in [0, 0.05) is 29.4 Å². The Kier molecular flexibility index (Phi) is 5.28. The number of anilines is 1. The lowest BCUT2D eigenvalue weighted by atomic mass is 9.96. The van der Waals surface area contributed by atoms with Crippen LogP contribution in [-0.4, -0.2) is 28.3 Å². The van der Waals surface area contributed by atoms with Crippen LogP contribution in [0.1, 0.15) is 29.7 Å². The van der Waals surface area contributed by atoms with E-state index in [1.807, 2.05) is 47.0 Å². The average molecular weight is 417 g/mol. The van der Waals surface area contributed by atoms with Crippen LogP contribution in [0.3, 0.4) is 0 Å². The molecule has 4 aromatic rings. The molecule has 0 bridgehead atoms. The number of fused-ring (bicyclic) bond motifs is 2. The van der Waals surface area contributed by atoms with Crippen LogP contribution >= 0.6 is 0 Å². The standard InChI is InChI=1S/C25H25FN4O/c1-31-20-12-8-18(9-13-20)23-16-24-28-22-5-3-2-4-21(22)25(30(24)29-23)27-15-14-17-6-10-19(26)11-7-17/h6-13,16,27H,2-5,14-15H2,1H3. The molecule has 2 aromatic heterocycles. The van der Waals surface area contributed by atoms with Crippen LogP contribution in [0.4, 0.5) is 10.2 Å². The van der Waals surface area contributed by atoms with Gasteiger partial charge in [-0.05, 0) is 74.1 Å². The fourth-order valence-electron chi connectivity index (χ4n) is 4.21. The first-order valence-electron chi connectivity index (χ1n) is 10.8. The van der Waals surface area contributed by atoms with Gasteiger partial charge in [-0.15, -0.1) is 0 Å². The Labute approximate surface area is 180 Å².